The quantitative estimate of drug-likeness (QED) is 0.715. The van der Waals surface area contributed by atoms with Gasteiger partial charge in [-0.1, -0.05) is 0 Å². The van der Waals surface area contributed by atoms with E-state index in [1.165, 1.54) is 0 Å². The molecule has 2 fully saturated rings. The van der Waals surface area contributed by atoms with Crippen molar-refractivity contribution in [1.29, 1.82) is 0 Å². The lowest BCUT2D eigenvalue weighted by Gasteiger charge is -2.36. The van der Waals surface area contributed by atoms with Gasteiger partial charge in [-0.05, 0) is 19.9 Å². The van der Waals surface area contributed by atoms with E-state index in [-0.39, 0.29) is 18.1 Å². The van der Waals surface area contributed by atoms with Gasteiger partial charge in [0, 0.05) is 19.7 Å². The monoisotopic (exact) mass is 228 g/mol. The molecule has 2 unspecified atom stereocenters. The van der Waals surface area contributed by atoms with E-state index >= 15 is 0 Å². The fourth-order valence-corrected chi connectivity index (χ4v) is 2.31. The van der Waals surface area contributed by atoms with E-state index in [9.17, 15) is 4.79 Å². The third-order valence-electron chi connectivity index (χ3n) is 3.16. The van der Waals surface area contributed by atoms with Crippen LogP contribution in [-0.4, -0.2) is 62.9 Å². The van der Waals surface area contributed by atoms with Crippen LogP contribution < -0.4 is 5.32 Å². The van der Waals surface area contributed by atoms with Crippen LogP contribution >= 0.6 is 0 Å². The minimum atomic E-state index is -0.211. The maximum Gasteiger partial charge on any atom is 0.252 e. The first-order valence-corrected chi connectivity index (χ1v) is 5.97. The van der Waals surface area contributed by atoms with Gasteiger partial charge in [0.15, 0.2) is 0 Å². The van der Waals surface area contributed by atoms with Gasteiger partial charge in [0.05, 0.1) is 19.3 Å². The van der Waals surface area contributed by atoms with Crippen LogP contribution in [-0.2, 0) is 14.3 Å². The first-order valence-electron chi connectivity index (χ1n) is 5.97. The molecule has 2 heterocycles. The van der Waals surface area contributed by atoms with Gasteiger partial charge in [-0.15, -0.1) is 0 Å². The van der Waals surface area contributed by atoms with Crippen molar-refractivity contribution in [2.75, 3.05) is 40.0 Å². The van der Waals surface area contributed by atoms with Crippen molar-refractivity contribution in [3.05, 3.63) is 0 Å². The fraction of sp³-hybridized carbons (Fsp3) is 0.909. The minimum Gasteiger partial charge on any atom is -0.377 e. The molecule has 2 aliphatic rings. The topological polar surface area (TPSA) is 50.8 Å². The van der Waals surface area contributed by atoms with Crippen molar-refractivity contribution in [1.82, 2.24) is 10.2 Å². The molecule has 1 N–H and O–H groups in total. The summed E-state index contributed by atoms with van der Waals surface area (Å²) in [4.78, 5) is 14.1. The number of nitrogens with zero attached hydrogens (tertiary/aromatic N) is 1. The Kier molecular flexibility index (Phi) is 4.15. The number of ether oxygens (including phenoxy) is 2. The van der Waals surface area contributed by atoms with Crippen molar-refractivity contribution < 1.29 is 14.3 Å². The molecule has 5 heteroatoms. The van der Waals surface area contributed by atoms with Gasteiger partial charge in [-0.25, -0.2) is 0 Å². The molecule has 1 amide bonds. The Balaban J connectivity index is 1.95. The highest BCUT2D eigenvalue weighted by Crippen LogP contribution is 2.17. The van der Waals surface area contributed by atoms with Gasteiger partial charge in [0.1, 0.15) is 6.10 Å². The van der Waals surface area contributed by atoms with Crippen LogP contribution in [0.1, 0.15) is 12.8 Å². The van der Waals surface area contributed by atoms with Crippen LogP contribution in [0.4, 0.5) is 0 Å². The van der Waals surface area contributed by atoms with E-state index in [0.717, 1.165) is 26.0 Å². The molecule has 92 valence electrons. The Morgan fingerprint density at radius 1 is 1.50 bits per heavy atom. The molecule has 5 nitrogen and oxygen atoms in total. The van der Waals surface area contributed by atoms with Crippen LogP contribution in [0.25, 0.3) is 0 Å². The Morgan fingerprint density at radius 2 is 2.38 bits per heavy atom. The average molecular weight is 228 g/mol. The lowest BCUT2D eigenvalue weighted by atomic mass is 10.1. The van der Waals surface area contributed by atoms with Crippen molar-refractivity contribution in [3.63, 3.8) is 0 Å². The summed E-state index contributed by atoms with van der Waals surface area (Å²) in [6.07, 6.45) is 1.65. The largest absolute Gasteiger partial charge is 0.377 e. The molecule has 0 radical (unpaired) electrons. The molecule has 16 heavy (non-hydrogen) atoms. The predicted octanol–water partition coefficient (Wildman–Crippen LogP) is -0.388. The van der Waals surface area contributed by atoms with E-state index in [1.54, 1.807) is 0 Å². The second-order valence-corrected chi connectivity index (χ2v) is 4.32. The van der Waals surface area contributed by atoms with E-state index in [1.807, 2.05) is 11.9 Å². The highest BCUT2D eigenvalue weighted by Gasteiger charge is 2.33. The second-order valence-electron chi connectivity index (χ2n) is 4.32. The molecule has 2 atom stereocenters. The van der Waals surface area contributed by atoms with Crippen molar-refractivity contribution in [2.24, 2.45) is 0 Å². The number of hydrogen-bond acceptors (Lipinski definition) is 4. The first-order chi connectivity index (χ1) is 7.83. The summed E-state index contributed by atoms with van der Waals surface area (Å²) in [5, 5.41) is 3.10. The lowest BCUT2D eigenvalue weighted by molar-refractivity contribution is -0.149. The minimum absolute atomic E-state index is 0.140. The Morgan fingerprint density at radius 3 is 3.06 bits per heavy atom. The van der Waals surface area contributed by atoms with E-state index in [4.69, 9.17) is 9.47 Å². The zero-order chi connectivity index (χ0) is 11.4. The van der Waals surface area contributed by atoms with Gasteiger partial charge in [0.2, 0.25) is 0 Å². The molecule has 0 saturated carbocycles. The number of carbonyl (C=O) groups is 1. The Bertz CT molecular complexity index is 239. The summed E-state index contributed by atoms with van der Waals surface area (Å²) >= 11 is 0. The summed E-state index contributed by atoms with van der Waals surface area (Å²) < 4.78 is 10.8. The molecule has 2 saturated heterocycles. The van der Waals surface area contributed by atoms with Gasteiger partial charge in [-0.2, -0.15) is 0 Å². The molecule has 0 aromatic heterocycles. The summed E-state index contributed by atoms with van der Waals surface area (Å²) in [5.41, 5.74) is 0. The number of morpholine rings is 1. The number of nitrogens with one attached hydrogen (secondary N) is 1. The first kappa shape index (κ1) is 11.8. The molecule has 2 aliphatic heterocycles. The van der Waals surface area contributed by atoms with Crippen LogP contribution in [0.15, 0.2) is 0 Å². The highest BCUT2D eigenvalue weighted by atomic mass is 16.5. The Labute approximate surface area is 96.1 Å². The number of hydrogen-bond donors (Lipinski definition) is 1. The van der Waals surface area contributed by atoms with Gasteiger partial charge < -0.3 is 19.7 Å². The fourth-order valence-electron chi connectivity index (χ4n) is 2.31. The third kappa shape index (κ3) is 2.53. The molecule has 0 aromatic carbocycles. The SMILES string of the molecule is CNCC1COCCN1C(=O)C1CCCO1. The van der Waals surface area contributed by atoms with Gasteiger partial charge in [-0.3, -0.25) is 4.79 Å². The van der Waals surface area contributed by atoms with E-state index in [2.05, 4.69) is 5.32 Å². The van der Waals surface area contributed by atoms with Crippen LogP contribution in [0.3, 0.4) is 0 Å². The zero-order valence-electron chi connectivity index (χ0n) is 9.78. The van der Waals surface area contributed by atoms with Crippen LogP contribution in [0, 0.1) is 0 Å². The average Bonchev–Trinajstić information content (AvgIpc) is 2.83. The van der Waals surface area contributed by atoms with Crippen LogP contribution in [0.2, 0.25) is 0 Å². The normalized spacial score (nSPS) is 30.7. The van der Waals surface area contributed by atoms with E-state index in [0.29, 0.717) is 19.8 Å². The smallest absolute Gasteiger partial charge is 0.252 e. The molecule has 0 aliphatic carbocycles. The third-order valence-corrected chi connectivity index (χ3v) is 3.16. The maximum absolute atomic E-state index is 12.2. The molecule has 0 aromatic rings. The number of likely N-dealkylation sites (N-methyl/N-ethyl adjacent to an activating group) is 1. The van der Waals surface area contributed by atoms with Crippen LogP contribution in [0.5, 0.6) is 0 Å². The molecule has 0 bridgehead atoms. The molecular weight excluding hydrogens is 208 g/mol. The maximum atomic E-state index is 12.2. The summed E-state index contributed by atoms with van der Waals surface area (Å²) in [6, 6.07) is 0.149. The van der Waals surface area contributed by atoms with Crippen molar-refractivity contribution >= 4 is 5.91 Å². The predicted molar refractivity (Wildman–Crippen MR) is 59.2 cm³/mol. The Hall–Kier alpha value is -0.650. The van der Waals surface area contributed by atoms with Gasteiger partial charge in [0.25, 0.3) is 5.91 Å². The second kappa shape index (κ2) is 5.61. The van der Waals surface area contributed by atoms with E-state index < -0.39 is 0 Å². The van der Waals surface area contributed by atoms with Crippen molar-refractivity contribution in [3.8, 4) is 0 Å². The zero-order valence-corrected chi connectivity index (χ0v) is 9.78. The molecular formula is C11H20N2O3. The standard InChI is InChI=1S/C11H20N2O3/c1-12-7-9-8-15-6-4-13(9)11(14)10-3-2-5-16-10/h9-10,12H,2-8H2,1H3. The summed E-state index contributed by atoms with van der Waals surface area (Å²) in [7, 11) is 1.89. The lowest BCUT2D eigenvalue weighted by Crippen LogP contribution is -2.55. The molecule has 0 spiro atoms. The van der Waals surface area contributed by atoms with Crippen molar-refractivity contribution in [2.45, 2.75) is 25.0 Å². The number of carbonyl (C=O) groups excluding carboxylic acids is 1. The molecule has 2 rings (SSSR count). The number of rotatable bonds is 3. The van der Waals surface area contributed by atoms with Gasteiger partial charge >= 0.3 is 0 Å². The summed E-state index contributed by atoms with van der Waals surface area (Å²) in [5.74, 6) is 0.140. The summed E-state index contributed by atoms with van der Waals surface area (Å²) in [6.45, 7) is 3.44. The highest BCUT2D eigenvalue weighted by molar-refractivity contribution is 5.81. The number of amides is 1.